The van der Waals surface area contributed by atoms with Gasteiger partial charge in [-0.25, -0.2) is 4.98 Å². The first-order chi connectivity index (χ1) is 8.76. The molecule has 4 bridgehead atoms. The number of thiazole rings is 1. The van der Waals surface area contributed by atoms with E-state index in [1.165, 1.54) is 43.5 Å². The van der Waals surface area contributed by atoms with Gasteiger partial charge < -0.3 is 5.73 Å². The fourth-order valence-corrected chi connectivity index (χ4v) is 5.38. The van der Waals surface area contributed by atoms with E-state index in [0.717, 1.165) is 30.3 Å². The van der Waals surface area contributed by atoms with Crippen LogP contribution < -0.4 is 5.73 Å². The van der Waals surface area contributed by atoms with Gasteiger partial charge in [0.25, 0.3) is 0 Å². The van der Waals surface area contributed by atoms with Crippen LogP contribution >= 0.6 is 23.7 Å². The molecule has 3 heterocycles. The predicted octanol–water partition coefficient (Wildman–Crippen LogP) is 3.16. The number of aromatic nitrogens is 1. The highest BCUT2D eigenvalue weighted by Gasteiger charge is 2.42. The molecule has 5 heteroatoms. The van der Waals surface area contributed by atoms with E-state index in [-0.39, 0.29) is 12.4 Å². The van der Waals surface area contributed by atoms with Crippen molar-refractivity contribution in [1.29, 1.82) is 0 Å². The molecule has 2 aliphatic carbocycles. The molecule has 4 aliphatic rings. The molecule has 2 unspecified atom stereocenters. The van der Waals surface area contributed by atoms with Crippen molar-refractivity contribution in [3.05, 3.63) is 11.1 Å². The largest absolute Gasteiger partial charge is 0.375 e. The highest BCUT2D eigenvalue weighted by atomic mass is 35.5. The van der Waals surface area contributed by atoms with Gasteiger partial charge in [-0.1, -0.05) is 0 Å². The molecule has 2 N–H and O–H groups in total. The lowest BCUT2D eigenvalue weighted by molar-refractivity contribution is 0.123. The third kappa shape index (κ3) is 2.63. The zero-order chi connectivity index (χ0) is 12.1. The van der Waals surface area contributed by atoms with Crippen LogP contribution in [0.25, 0.3) is 0 Å². The first-order valence-corrected chi connectivity index (χ1v) is 8.02. The number of nitrogens with zero attached hydrogens (tertiary/aromatic N) is 2. The summed E-state index contributed by atoms with van der Waals surface area (Å²) in [6.07, 6.45) is 9.37. The maximum absolute atomic E-state index is 5.74. The summed E-state index contributed by atoms with van der Waals surface area (Å²) >= 11 is 1.66. The molecule has 2 saturated carbocycles. The average molecular weight is 300 g/mol. The molecule has 2 aliphatic heterocycles. The van der Waals surface area contributed by atoms with Gasteiger partial charge >= 0.3 is 0 Å². The Labute approximate surface area is 125 Å². The Kier molecular flexibility index (Phi) is 3.76. The average Bonchev–Trinajstić information content (AvgIpc) is 2.63. The predicted molar refractivity (Wildman–Crippen MR) is 81.5 cm³/mol. The lowest BCUT2D eigenvalue weighted by atomic mass is 9.68. The maximum Gasteiger partial charge on any atom is 0.180 e. The van der Waals surface area contributed by atoms with Gasteiger partial charge in [-0.05, 0) is 49.9 Å². The van der Waals surface area contributed by atoms with Crippen molar-refractivity contribution in [2.45, 2.75) is 44.7 Å². The van der Waals surface area contributed by atoms with Gasteiger partial charge in [-0.2, -0.15) is 0 Å². The van der Waals surface area contributed by atoms with Crippen molar-refractivity contribution in [2.75, 3.05) is 12.3 Å². The van der Waals surface area contributed by atoms with Crippen LogP contribution in [0.3, 0.4) is 0 Å². The van der Waals surface area contributed by atoms with E-state index < -0.39 is 0 Å². The topological polar surface area (TPSA) is 42.1 Å². The minimum absolute atomic E-state index is 0. The van der Waals surface area contributed by atoms with Crippen molar-refractivity contribution in [3.8, 4) is 0 Å². The van der Waals surface area contributed by atoms with Gasteiger partial charge in [0.2, 0.25) is 0 Å². The van der Waals surface area contributed by atoms with Crippen molar-refractivity contribution >= 4 is 28.9 Å². The summed E-state index contributed by atoms with van der Waals surface area (Å²) in [7, 11) is 0. The summed E-state index contributed by atoms with van der Waals surface area (Å²) < 4.78 is 0. The van der Waals surface area contributed by atoms with E-state index in [2.05, 4.69) is 9.88 Å². The summed E-state index contributed by atoms with van der Waals surface area (Å²) in [5.74, 6) is 3.03. The molecule has 0 radical (unpaired) electrons. The van der Waals surface area contributed by atoms with E-state index in [1.807, 2.05) is 6.20 Å². The Morgan fingerprint density at radius 3 is 2.47 bits per heavy atom. The highest BCUT2D eigenvalue weighted by Crippen LogP contribution is 2.47. The van der Waals surface area contributed by atoms with Gasteiger partial charge in [0.1, 0.15) is 0 Å². The second kappa shape index (κ2) is 5.23. The molecule has 0 amide bonds. The quantitative estimate of drug-likeness (QED) is 0.912. The molecular formula is C14H22ClN3S. The van der Waals surface area contributed by atoms with Crippen LogP contribution in [0.2, 0.25) is 0 Å². The van der Waals surface area contributed by atoms with Gasteiger partial charge in [0, 0.05) is 30.2 Å². The number of hydrogen-bond acceptors (Lipinski definition) is 4. The molecule has 0 aromatic carbocycles. The fraction of sp³-hybridized carbons (Fsp3) is 0.786. The van der Waals surface area contributed by atoms with Crippen LogP contribution in [-0.2, 0) is 6.54 Å². The third-order valence-corrected chi connectivity index (χ3v) is 5.96. The zero-order valence-corrected chi connectivity index (χ0v) is 12.8. The highest BCUT2D eigenvalue weighted by molar-refractivity contribution is 7.15. The van der Waals surface area contributed by atoms with Gasteiger partial charge in [0.15, 0.2) is 5.13 Å². The molecular weight excluding hydrogens is 278 g/mol. The van der Waals surface area contributed by atoms with Gasteiger partial charge in [-0.3, -0.25) is 4.90 Å². The lowest BCUT2D eigenvalue weighted by Crippen LogP contribution is -2.37. The first-order valence-electron chi connectivity index (χ1n) is 7.20. The second-order valence-corrected chi connectivity index (χ2v) is 7.67. The molecule has 1 aromatic rings. The molecule has 2 atom stereocenters. The smallest absolute Gasteiger partial charge is 0.180 e. The lowest BCUT2D eigenvalue weighted by Gasteiger charge is -2.39. The third-order valence-electron chi connectivity index (χ3n) is 5.15. The Hall–Kier alpha value is -0.320. The monoisotopic (exact) mass is 299 g/mol. The van der Waals surface area contributed by atoms with Crippen LogP contribution in [0.1, 0.15) is 37.0 Å². The minimum Gasteiger partial charge on any atom is -0.375 e. The molecule has 19 heavy (non-hydrogen) atoms. The normalized spacial score (nSPS) is 37.1. The van der Waals surface area contributed by atoms with Crippen molar-refractivity contribution in [2.24, 2.45) is 17.8 Å². The number of fused-ring (bicyclic) bond motifs is 1. The van der Waals surface area contributed by atoms with Crippen molar-refractivity contribution < 1.29 is 0 Å². The summed E-state index contributed by atoms with van der Waals surface area (Å²) in [6, 6.07) is 0.838. The van der Waals surface area contributed by atoms with Crippen LogP contribution in [0.15, 0.2) is 6.20 Å². The Balaban J connectivity index is 0.00000110. The van der Waals surface area contributed by atoms with Gasteiger partial charge in [0.05, 0.1) is 0 Å². The maximum atomic E-state index is 5.74. The van der Waals surface area contributed by atoms with Crippen molar-refractivity contribution in [3.63, 3.8) is 0 Å². The Bertz CT molecular complexity index is 436. The zero-order valence-electron chi connectivity index (χ0n) is 11.1. The Morgan fingerprint density at radius 1 is 1.16 bits per heavy atom. The van der Waals surface area contributed by atoms with E-state index in [4.69, 9.17) is 5.73 Å². The Morgan fingerprint density at radius 2 is 1.84 bits per heavy atom. The standard InChI is InChI=1S/C14H21N3S.ClH/c15-14-16-6-13(18-14)8-17-7-11-2-9-1-10(3-11)5-12(17)4-9;/h6,9-12H,1-5,7-8H2,(H2,15,16);1H. The van der Waals surface area contributed by atoms with Crippen LogP contribution in [0, 0.1) is 17.8 Å². The van der Waals surface area contributed by atoms with Gasteiger partial charge in [-0.15, -0.1) is 23.7 Å². The fourth-order valence-electron chi connectivity index (χ4n) is 4.67. The number of nitrogen functional groups attached to an aromatic ring is 1. The summed E-state index contributed by atoms with van der Waals surface area (Å²) in [4.78, 5) is 8.26. The summed E-state index contributed by atoms with van der Waals surface area (Å²) in [5.41, 5.74) is 5.74. The number of rotatable bonds is 2. The number of hydrogen-bond donors (Lipinski definition) is 1. The van der Waals surface area contributed by atoms with E-state index in [9.17, 15) is 0 Å². The molecule has 4 fully saturated rings. The van der Waals surface area contributed by atoms with Crippen molar-refractivity contribution in [1.82, 2.24) is 9.88 Å². The molecule has 3 nitrogen and oxygen atoms in total. The van der Waals surface area contributed by atoms with Crippen LogP contribution in [0.5, 0.6) is 0 Å². The summed E-state index contributed by atoms with van der Waals surface area (Å²) in [5, 5.41) is 0.714. The van der Waals surface area contributed by atoms with E-state index >= 15 is 0 Å². The number of anilines is 1. The summed E-state index contributed by atoms with van der Waals surface area (Å²) in [6.45, 7) is 2.39. The second-order valence-electron chi connectivity index (χ2n) is 6.52. The molecule has 5 rings (SSSR count). The van der Waals surface area contributed by atoms with E-state index in [1.54, 1.807) is 11.3 Å². The SMILES string of the molecule is Cl.Nc1ncc(CN2CC3CC4CC(C3)CC2C4)s1. The molecule has 1 aromatic heterocycles. The molecule has 106 valence electrons. The number of halogens is 1. The first kappa shape index (κ1) is 13.7. The van der Waals surface area contributed by atoms with E-state index in [0.29, 0.717) is 5.13 Å². The number of nitrogens with two attached hydrogens (primary N) is 1. The molecule has 0 spiro atoms. The minimum atomic E-state index is 0. The molecule has 2 saturated heterocycles. The van der Waals surface area contributed by atoms with Crippen LogP contribution in [-0.4, -0.2) is 22.5 Å². The van der Waals surface area contributed by atoms with Crippen LogP contribution in [0.4, 0.5) is 5.13 Å².